The van der Waals surface area contributed by atoms with Crippen molar-refractivity contribution in [1.29, 1.82) is 0 Å². The number of rotatable bonds is 4. The van der Waals surface area contributed by atoms with Crippen molar-refractivity contribution in [1.82, 2.24) is 15.1 Å². The summed E-state index contributed by atoms with van der Waals surface area (Å²) < 4.78 is 0. The molecule has 1 saturated carbocycles. The maximum Gasteiger partial charge on any atom is 0.317 e. The van der Waals surface area contributed by atoms with Gasteiger partial charge in [-0.15, -0.1) is 0 Å². The molecular formula is C16H29N3O2. The van der Waals surface area contributed by atoms with Gasteiger partial charge in [0.2, 0.25) is 5.91 Å². The van der Waals surface area contributed by atoms with E-state index in [-0.39, 0.29) is 11.9 Å². The third-order valence-corrected chi connectivity index (χ3v) is 4.87. The summed E-state index contributed by atoms with van der Waals surface area (Å²) >= 11 is 0. The van der Waals surface area contributed by atoms with Crippen LogP contribution in [0.2, 0.25) is 0 Å². The van der Waals surface area contributed by atoms with Gasteiger partial charge in [-0.05, 0) is 31.6 Å². The highest BCUT2D eigenvalue weighted by atomic mass is 16.2. The summed E-state index contributed by atoms with van der Waals surface area (Å²) in [7, 11) is 3.48. The van der Waals surface area contributed by atoms with E-state index in [9.17, 15) is 9.59 Å². The van der Waals surface area contributed by atoms with Gasteiger partial charge in [-0.1, -0.05) is 19.3 Å². The molecule has 1 saturated heterocycles. The van der Waals surface area contributed by atoms with Gasteiger partial charge in [0.15, 0.2) is 0 Å². The Balaban J connectivity index is 1.79. The number of amides is 3. The fourth-order valence-electron chi connectivity index (χ4n) is 3.66. The lowest BCUT2D eigenvalue weighted by Gasteiger charge is -2.34. The molecule has 2 fully saturated rings. The summed E-state index contributed by atoms with van der Waals surface area (Å²) in [6, 6.07) is 0.449. The molecular weight excluding hydrogens is 266 g/mol. The summed E-state index contributed by atoms with van der Waals surface area (Å²) in [5.41, 5.74) is 0. The first-order valence-electron chi connectivity index (χ1n) is 8.34. The van der Waals surface area contributed by atoms with Crippen molar-refractivity contribution in [2.45, 2.75) is 57.4 Å². The second kappa shape index (κ2) is 7.66. The molecule has 0 spiro atoms. The van der Waals surface area contributed by atoms with Crippen LogP contribution >= 0.6 is 0 Å². The summed E-state index contributed by atoms with van der Waals surface area (Å²) in [6.45, 7) is 1.30. The predicted molar refractivity (Wildman–Crippen MR) is 83.0 cm³/mol. The summed E-state index contributed by atoms with van der Waals surface area (Å²) in [5.74, 6) is 0.746. The lowest BCUT2D eigenvalue weighted by Crippen LogP contribution is -2.46. The minimum Gasteiger partial charge on any atom is -0.349 e. The Morgan fingerprint density at radius 3 is 2.48 bits per heavy atom. The topological polar surface area (TPSA) is 52.7 Å². The van der Waals surface area contributed by atoms with E-state index in [1.54, 1.807) is 19.0 Å². The van der Waals surface area contributed by atoms with E-state index < -0.39 is 0 Å². The van der Waals surface area contributed by atoms with Gasteiger partial charge in [-0.25, -0.2) is 4.79 Å². The number of urea groups is 1. The minimum atomic E-state index is 0.0228. The van der Waals surface area contributed by atoms with E-state index in [0.29, 0.717) is 24.9 Å². The molecule has 120 valence electrons. The van der Waals surface area contributed by atoms with E-state index >= 15 is 0 Å². The summed E-state index contributed by atoms with van der Waals surface area (Å²) in [4.78, 5) is 27.4. The van der Waals surface area contributed by atoms with Crippen molar-refractivity contribution < 1.29 is 9.59 Å². The fourth-order valence-corrected chi connectivity index (χ4v) is 3.66. The van der Waals surface area contributed by atoms with Gasteiger partial charge in [-0.2, -0.15) is 0 Å². The smallest absolute Gasteiger partial charge is 0.317 e. The van der Waals surface area contributed by atoms with Gasteiger partial charge < -0.3 is 15.1 Å². The normalized spacial score (nSPS) is 23.1. The second-order valence-electron chi connectivity index (χ2n) is 6.57. The lowest BCUT2D eigenvalue weighted by atomic mass is 9.83. The zero-order valence-electron chi connectivity index (χ0n) is 13.4. The second-order valence-corrected chi connectivity index (χ2v) is 6.57. The zero-order valence-corrected chi connectivity index (χ0v) is 13.4. The predicted octanol–water partition coefficient (Wildman–Crippen LogP) is 2.22. The van der Waals surface area contributed by atoms with Crippen molar-refractivity contribution in [3.63, 3.8) is 0 Å². The van der Waals surface area contributed by atoms with Gasteiger partial charge in [0.1, 0.15) is 0 Å². The maximum atomic E-state index is 12.3. The Bertz CT molecular complexity index is 365. The van der Waals surface area contributed by atoms with Crippen LogP contribution in [0, 0.1) is 5.92 Å². The quantitative estimate of drug-likeness (QED) is 0.864. The fraction of sp³-hybridized carbons (Fsp3) is 0.875. The molecule has 0 radical (unpaired) electrons. The first-order chi connectivity index (χ1) is 10.1. The zero-order chi connectivity index (χ0) is 15.2. The molecule has 5 heteroatoms. The number of carbonyl (C=O) groups is 2. The van der Waals surface area contributed by atoms with Crippen LogP contribution in [0.4, 0.5) is 4.79 Å². The average molecular weight is 295 g/mol. The molecule has 0 aromatic carbocycles. The molecule has 1 N–H and O–H groups in total. The first kappa shape index (κ1) is 16.1. The Hall–Kier alpha value is -1.26. The van der Waals surface area contributed by atoms with Crippen LogP contribution in [0.1, 0.15) is 51.4 Å². The maximum absolute atomic E-state index is 12.3. The molecule has 0 bridgehead atoms. The SMILES string of the molecule is CN(C)C(=O)CCNC(=O)N1CCC[C@@H]1C1CCCCC1. The highest BCUT2D eigenvalue weighted by Crippen LogP contribution is 2.34. The van der Waals surface area contributed by atoms with Crippen LogP contribution in [0.15, 0.2) is 0 Å². The lowest BCUT2D eigenvalue weighted by molar-refractivity contribution is -0.128. The monoisotopic (exact) mass is 295 g/mol. The van der Waals surface area contributed by atoms with E-state index in [4.69, 9.17) is 0 Å². The van der Waals surface area contributed by atoms with Gasteiger partial charge in [0, 0.05) is 39.6 Å². The number of carbonyl (C=O) groups excluding carboxylic acids is 2. The summed E-state index contributed by atoms with van der Waals surface area (Å²) in [6.07, 6.45) is 9.16. The van der Waals surface area contributed by atoms with Gasteiger partial charge in [0.25, 0.3) is 0 Å². The van der Waals surface area contributed by atoms with Crippen LogP contribution in [0.5, 0.6) is 0 Å². The number of likely N-dealkylation sites (tertiary alicyclic amines) is 1. The molecule has 0 unspecified atom stereocenters. The molecule has 2 aliphatic rings. The van der Waals surface area contributed by atoms with Crippen LogP contribution in [-0.2, 0) is 4.79 Å². The van der Waals surface area contributed by atoms with Crippen molar-refractivity contribution in [2.75, 3.05) is 27.2 Å². The number of hydrogen-bond acceptors (Lipinski definition) is 2. The average Bonchev–Trinajstić information content (AvgIpc) is 2.97. The molecule has 1 aliphatic carbocycles. The molecule has 5 nitrogen and oxygen atoms in total. The molecule has 1 atom stereocenters. The third-order valence-electron chi connectivity index (χ3n) is 4.87. The van der Waals surface area contributed by atoms with Crippen molar-refractivity contribution in [2.24, 2.45) is 5.92 Å². The highest BCUT2D eigenvalue weighted by molar-refractivity contribution is 5.78. The van der Waals surface area contributed by atoms with E-state index in [1.165, 1.54) is 32.1 Å². The van der Waals surface area contributed by atoms with Crippen LogP contribution in [0.3, 0.4) is 0 Å². The Kier molecular flexibility index (Phi) is 5.88. The van der Waals surface area contributed by atoms with Crippen LogP contribution in [-0.4, -0.2) is 55.0 Å². The molecule has 1 aliphatic heterocycles. The van der Waals surface area contributed by atoms with E-state index in [2.05, 4.69) is 5.32 Å². The Labute approximate surface area is 128 Å². The third kappa shape index (κ3) is 4.35. The largest absolute Gasteiger partial charge is 0.349 e. The van der Waals surface area contributed by atoms with E-state index in [1.807, 2.05) is 4.90 Å². The molecule has 3 amide bonds. The molecule has 0 aromatic heterocycles. The van der Waals surface area contributed by atoms with Crippen LogP contribution < -0.4 is 5.32 Å². The Morgan fingerprint density at radius 2 is 1.81 bits per heavy atom. The summed E-state index contributed by atoms with van der Waals surface area (Å²) in [5, 5.41) is 2.92. The number of nitrogens with zero attached hydrogens (tertiary/aromatic N) is 2. The number of hydrogen-bond donors (Lipinski definition) is 1. The molecule has 0 aromatic rings. The molecule has 21 heavy (non-hydrogen) atoms. The minimum absolute atomic E-state index is 0.0228. The molecule has 2 rings (SSSR count). The van der Waals surface area contributed by atoms with Gasteiger partial charge in [0.05, 0.1) is 0 Å². The van der Waals surface area contributed by atoms with Crippen molar-refractivity contribution in [3.8, 4) is 0 Å². The Morgan fingerprint density at radius 1 is 1.10 bits per heavy atom. The highest BCUT2D eigenvalue weighted by Gasteiger charge is 2.34. The van der Waals surface area contributed by atoms with Crippen molar-refractivity contribution >= 4 is 11.9 Å². The van der Waals surface area contributed by atoms with Crippen LogP contribution in [0.25, 0.3) is 0 Å². The molecule has 1 heterocycles. The first-order valence-corrected chi connectivity index (χ1v) is 8.34. The van der Waals surface area contributed by atoms with Gasteiger partial charge in [-0.3, -0.25) is 4.79 Å². The van der Waals surface area contributed by atoms with Gasteiger partial charge >= 0.3 is 6.03 Å². The standard InChI is InChI=1S/C16H29N3O2/c1-18(2)15(20)10-11-17-16(21)19-12-6-9-14(19)13-7-4-3-5-8-13/h13-14H,3-12H2,1-2H3,(H,17,21)/t14-/m1/s1. The van der Waals surface area contributed by atoms with E-state index in [0.717, 1.165) is 19.4 Å². The van der Waals surface area contributed by atoms with Crippen molar-refractivity contribution in [3.05, 3.63) is 0 Å². The number of nitrogens with one attached hydrogen (secondary N) is 1.